The predicted molar refractivity (Wildman–Crippen MR) is 106 cm³/mol. The first kappa shape index (κ1) is 21.5. The summed E-state index contributed by atoms with van der Waals surface area (Å²) in [7, 11) is 0. The smallest absolute Gasteiger partial charge is 0.191 e. The molecule has 6 heteroatoms. The second-order valence-corrected chi connectivity index (χ2v) is 7.49. The van der Waals surface area contributed by atoms with E-state index in [9.17, 15) is 0 Å². The van der Waals surface area contributed by atoms with E-state index in [0.29, 0.717) is 24.7 Å². The zero-order valence-corrected chi connectivity index (χ0v) is 16.9. The molecule has 6 nitrogen and oxygen atoms in total. The Morgan fingerprint density at radius 2 is 1.96 bits per heavy atom. The van der Waals surface area contributed by atoms with Crippen LogP contribution in [0.5, 0.6) is 0 Å². The molecule has 1 unspecified atom stereocenters. The number of nitrogens with zero attached hydrogens (tertiary/aromatic N) is 1. The zero-order valence-electron chi connectivity index (χ0n) is 16.9. The van der Waals surface area contributed by atoms with Crippen molar-refractivity contribution in [2.24, 2.45) is 10.4 Å². The number of aliphatic imine (C=N–C) groups is 1. The minimum atomic E-state index is 0.296. The van der Waals surface area contributed by atoms with Crippen LogP contribution in [0.4, 0.5) is 0 Å². The van der Waals surface area contributed by atoms with Gasteiger partial charge in [0, 0.05) is 39.5 Å². The van der Waals surface area contributed by atoms with Crippen LogP contribution in [0, 0.1) is 5.41 Å². The molecule has 2 fully saturated rings. The van der Waals surface area contributed by atoms with Crippen LogP contribution >= 0.6 is 0 Å². The third-order valence-electron chi connectivity index (χ3n) is 5.43. The van der Waals surface area contributed by atoms with Gasteiger partial charge in [-0.1, -0.05) is 12.8 Å². The molecule has 0 aromatic rings. The highest BCUT2D eigenvalue weighted by molar-refractivity contribution is 5.79. The Bertz CT molecular complexity index is 392. The van der Waals surface area contributed by atoms with Gasteiger partial charge in [-0.3, -0.25) is 4.99 Å². The molecule has 1 aliphatic heterocycles. The molecule has 2 aliphatic rings. The number of ether oxygens (including phenoxy) is 3. The minimum Gasteiger partial charge on any atom is -0.382 e. The normalized spacial score (nSPS) is 22.7. The van der Waals surface area contributed by atoms with E-state index in [0.717, 1.165) is 64.7 Å². The van der Waals surface area contributed by atoms with Gasteiger partial charge in [0.25, 0.3) is 0 Å². The van der Waals surface area contributed by atoms with Crippen LogP contribution in [0.25, 0.3) is 0 Å². The van der Waals surface area contributed by atoms with Crippen molar-refractivity contribution in [2.45, 2.75) is 64.9 Å². The fourth-order valence-corrected chi connectivity index (χ4v) is 3.87. The van der Waals surface area contributed by atoms with Gasteiger partial charge < -0.3 is 24.8 Å². The fourth-order valence-electron chi connectivity index (χ4n) is 3.87. The lowest BCUT2D eigenvalue weighted by molar-refractivity contribution is 0.0191. The van der Waals surface area contributed by atoms with Crippen LogP contribution in [-0.4, -0.2) is 64.7 Å². The van der Waals surface area contributed by atoms with Gasteiger partial charge in [0.15, 0.2) is 5.96 Å². The van der Waals surface area contributed by atoms with E-state index in [1.165, 1.54) is 25.7 Å². The molecule has 2 N–H and O–H groups in total. The molecule has 2 rings (SSSR count). The van der Waals surface area contributed by atoms with Crippen LogP contribution in [0.3, 0.4) is 0 Å². The molecular weight excluding hydrogens is 330 g/mol. The first-order chi connectivity index (χ1) is 12.8. The van der Waals surface area contributed by atoms with Crippen molar-refractivity contribution in [1.82, 2.24) is 10.6 Å². The maximum absolute atomic E-state index is 5.72. The molecule has 152 valence electrons. The van der Waals surface area contributed by atoms with Crippen molar-refractivity contribution in [3.05, 3.63) is 0 Å². The molecule has 0 aromatic carbocycles. The summed E-state index contributed by atoms with van der Waals surface area (Å²) in [4.78, 5) is 4.88. The number of hydrogen-bond acceptors (Lipinski definition) is 4. The summed E-state index contributed by atoms with van der Waals surface area (Å²) in [6.07, 6.45) is 8.89. The molecule has 0 radical (unpaired) electrons. The SMILES string of the molecule is CCNC(=NCC1(CCOCC)CCCC1)NCCOCC1CCCO1. The summed E-state index contributed by atoms with van der Waals surface area (Å²) < 4.78 is 16.9. The quantitative estimate of drug-likeness (QED) is 0.315. The molecular formula is C20H39N3O3. The largest absolute Gasteiger partial charge is 0.382 e. The van der Waals surface area contributed by atoms with Crippen molar-refractivity contribution in [1.29, 1.82) is 0 Å². The van der Waals surface area contributed by atoms with Gasteiger partial charge >= 0.3 is 0 Å². The monoisotopic (exact) mass is 369 g/mol. The number of hydrogen-bond donors (Lipinski definition) is 2. The Hall–Kier alpha value is -0.850. The van der Waals surface area contributed by atoms with Crippen LogP contribution in [-0.2, 0) is 14.2 Å². The first-order valence-corrected chi connectivity index (χ1v) is 10.6. The Kier molecular flexibility index (Phi) is 10.3. The molecule has 0 aromatic heterocycles. The summed E-state index contributed by atoms with van der Waals surface area (Å²) in [6.45, 7) is 10.6. The van der Waals surface area contributed by atoms with Crippen molar-refractivity contribution < 1.29 is 14.2 Å². The van der Waals surface area contributed by atoms with Crippen LogP contribution in [0.2, 0.25) is 0 Å². The average Bonchev–Trinajstić information content (AvgIpc) is 3.32. The minimum absolute atomic E-state index is 0.296. The van der Waals surface area contributed by atoms with Crippen molar-refractivity contribution in [2.75, 3.05) is 52.7 Å². The van der Waals surface area contributed by atoms with Crippen molar-refractivity contribution >= 4 is 5.96 Å². The summed E-state index contributed by atoms with van der Waals surface area (Å²) in [5, 5.41) is 6.75. The second-order valence-electron chi connectivity index (χ2n) is 7.49. The highest BCUT2D eigenvalue weighted by atomic mass is 16.5. The van der Waals surface area contributed by atoms with Crippen molar-refractivity contribution in [3.8, 4) is 0 Å². The van der Waals surface area contributed by atoms with Gasteiger partial charge in [-0.25, -0.2) is 0 Å². The van der Waals surface area contributed by atoms with E-state index in [1.807, 2.05) is 0 Å². The third-order valence-corrected chi connectivity index (χ3v) is 5.43. The molecule has 1 aliphatic carbocycles. The molecule has 0 bridgehead atoms. The maximum atomic E-state index is 5.72. The van der Waals surface area contributed by atoms with E-state index in [4.69, 9.17) is 19.2 Å². The Morgan fingerprint density at radius 3 is 2.65 bits per heavy atom. The Morgan fingerprint density at radius 1 is 1.12 bits per heavy atom. The van der Waals surface area contributed by atoms with Crippen molar-refractivity contribution in [3.63, 3.8) is 0 Å². The van der Waals surface area contributed by atoms with Gasteiger partial charge in [-0.05, 0) is 51.4 Å². The molecule has 1 saturated heterocycles. The summed E-state index contributed by atoms with van der Waals surface area (Å²) >= 11 is 0. The summed E-state index contributed by atoms with van der Waals surface area (Å²) in [6, 6.07) is 0. The van der Waals surface area contributed by atoms with E-state index in [2.05, 4.69) is 24.5 Å². The highest BCUT2D eigenvalue weighted by Crippen LogP contribution is 2.41. The van der Waals surface area contributed by atoms with Gasteiger partial charge in [-0.2, -0.15) is 0 Å². The maximum Gasteiger partial charge on any atom is 0.191 e. The summed E-state index contributed by atoms with van der Waals surface area (Å²) in [5.74, 6) is 0.899. The summed E-state index contributed by atoms with van der Waals surface area (Å²) in [5.41, 5.74) is 0.327. The Balaban J connectivity index is 1.71. The lowest BCUT2D eigenvalue weighted by Gasteiger charge is -2.27. The zero-order chi connectivity index (χ0) is 18.5. The first-order valence-electron chi connectivity index (χ1n) is 10.6. The lowest BCUT2D eigenvalue weighted by atomic mass is 9.83. The fraction of sp³-hybridized carbons (Fsp3) is 0.950. The van der Waals surface area contributed by atoms with E-state index >= 15 is 0 Å². The van der Waals surface area contributed by atoms with E-state index < -0.39 is 0 Å². The standard InChI is InChI=1S/C20H39N3O3/c1-3-21-19(22-12-15-25-16-18-8-7-13-26-18)23-17-20(9-5-6-10-20)11-14-24-4-2/h18H,3-17H2,1-2H3,(H2,21,22,23). The second kappa shape index (κ2) is 12.5. The Labute approximate surface area is 159 Å². The topological polar surface area (TPSA) is 64.1 Å². The molecule has 0 spiro atoms. The predicted octanol–water partition coefficient (Wildman–Crippen LogP) is 2.72. The molecule has 1 saturated carbocycles. The van der Waals surface area contributed by atoms with Gasteiger partial charge in [-0.15, -0.1) is 0 Å². The average molecular weight is 370 g/mol. The van der Waals surface area contributed by atoms with Gasteiger partial charge in [0.05, 0.1) is 19.3 Å². The van der Waals surface area contributed by atoms with Gasteiger partial charge in [0.2, 0.25) is 0 Å². The van der Waals surface area contributed by atoms with Crippen LogP contribution in [0.15, 0.2) is 4.99 Å². The lowest BCUT2D eigenvalue weighted by Crippen LogP contribution is -2.40. The molecule has 1 atom stereocenters. The van der Waals surface area contributed by atoms with Crippen LogP contribution in [0.1, 0.15) is 58.8 Å². The number of nitrogens with one attached hydrogen (secondary N) is 2. The molecule has 26 heavy (non-hydrogen) atoms. The van der Waals surface area contributed by atoms with E-state index in [1.54, 1.807) is 0 Å². The third kappa shape index (κ3) is 7.80. The van der Waals surface area contributed by atoms with Gasteiger partial charge in [0.1, 0.15) is 0 Å². The number of guanidine groups is 1. The highest BCUT2D eigenvalue weighted by Gasteiger charge is 2.33. The molecule has 0 amide bonds. The van der Waals surface area contributed by atoms with Crippen LogP contribution < -0.4 is 10.6 Å². The van der Waals surface area contributed by atoms with E-state index in [-0.39, 0.29) is 0 Å². The number of rotatable bonds is 12. The molecule has 1 heterocycles.